The number of fused-ring (bicyclic) bond motifs is 7. The number of para-hydroxylation sites is 2. The summed E-state index contributed by atoms with van der Waals surface area (Å²) in [5, 5.41) is 6.31. The van der Waals surface area contributed by atoms with Crippen molar-refractivity contribution in [2.24, 2.45) is 0 Å². The first-order chi connectivity index (χ1) is 32.7. The highest BCUT2D eigenvalue weighted by atomic mass is 16.3. The van der Waals surface area contributed by atoms with Crippen LogP contribution in [0.25, 0.3) is 133 Å². The van der Waals surface area contributed by atoms with Gasteiger partial charge in [0.1, 0.15) is 22.3 Å². The van der Waals surface area contributed by atoms with Gasteiger partial charge in [0.15, 0.2) is 17.5 Å². The normalized spacial score (nSPS) is 11.6. The van der Waals surface area contributed by atoms with Gasteiger partial charge >= 0.3 is 0 Å². The van der Waals surface area contributed by atoms with E-state index in [2.05, 4.69) is 182 Å². The minimum absolute atomic E-state index is 0.550. The molecule has 10 aromatic carbocycles. The van der Waals surface area contributed by atoms with E-state index in [9.17, 15) is 0 Å². The Hall–Kier alpha value is -8.93. The fraction of sp³-hybridized carbons (Fsp3) is 0. The lowest BCUT2D eigenvalue weighted by atomic mass is 9.92. The van der Waals surface area contributed by atoms with Gasteiger partial charge in [0.2, 0.25) is 0 Å². The molecule has 0 spiro atoms. The van der Waals surface area contributed by atoms with Gasteiger partial charge in [0.05, 0.1) is 0 Å². The average molecular weight is 844 g/mol. The lowest BCUT2D eigenvalue weighted by Gasteiger charge is -2.12. The Morgan fingerprint density at radius 2 is 0.727 bits per heavy atom. The van der Waals surface area contributed by atoms with Crippen molar-refractivity contribution < 1.29 is 8.83 Å². The van der Waals surface area contributed by atoms with Crippen molar-refractivity contribution >= 4 is 54.6 Å². The summed E-state index contributed by atoms with van der Waals surface area (Å²) in [4.78, 5) is 15.9. The summed E-state index contributed by atoms with van der Waals surface area (Å²) in [5.74, 6) is 1.68. The second kappa shape index (κ2) is 15.4. The van der Waals surface area contributed by atoms with Crippen LogP contribution in [0.1, 0.15) is 0 Å². The van der Waals surface area contributed by atoms with E-state index in [0.29, 0.717) is 17.5 Å². The van der Waals surface area contributed by atoms with Gasteiger partial charge in [-0.15, -0.1) is 0 Å². The van der Waals surface area contributed by atoms with Crippen LogP contribution in [0.5, 0.6) is 0 Å². The smallest absolute Gasteiger partial charge is 0.164 e. The highest BCUT2D eigenvalue weighted by molar-refractivity contribution is 6.16. The van der Waals surface area contributed by atoms with Gasteiger partial charge in [-0.05, 0) is 86.1 Å². The van der Waals surface area contributed by atoms with Crippen LogP contribution in [0.2, 0.25) is 0 Å². The van der Waals surface area contributed by atoms with E-state index >= 15 is 0 Å². The second-order valence-electron chi connectivity index (χ2n) is 16.7. The second-order valence-corrected chi connectivity index (χ2v) is 16.7. The Morgan fingerprint density at radius 1 is 0.258 bits per heavy atom. The molecule has 0 atom stereocenters. The van der Waals surface area contributed by atoms with Crippen LogP contribution in [0.4, 0.5) is 0 Å². The van der Waals surface area contributed by atoms with Gasteiger partial charge in [0, 0.05) is 43.8 Å². The van der Waals surface area contributed by atoms with Gasteiger partial charge < -0.3 is 8.83 Å². The molecule has 0 unspecified atom stereocenters. The monoisotopic (exact) mass is 843 g/mol. The molecule has 0 aliphatic heterocycles. The largest absolute Gasteiger partial charge is 0.456 e. The summed E-state index contributed by atoms with van der Waals surface area (Å²) < 4.78 is 13.3. The number of rotatable bonds is 7. The van der Waals surface area contributed by atoms with Gasteiger partial charge in [-0.25, -0.2) is 15.0 Å². The maximum absolute atomic E-state index is 6.92. The van der Waals surface area contributed by atoms with E-state index in [1.807, 2.05) is 42.5 Å². The number of hydrogen-bond donors (Lipinski definition) is 0. The molecule has 0 bridgehead atoms. The van der Waals surface area contributed by atoms with Crippen LogP contribution < -0.4 is 0 Å². The number of hydrogen-bond acceptors (Lipinski definition) is 5. The Balaban J connectivity index is 1.01. The average Bonchev–Trinajstić information content (AvgIpc) is 3.98. The molecular weight excluding hydrogens is 807 g/mol. The molecule has 3 heterocycles. The SMILES string of the molecule is c1ccc(-c2cc(-c3ccccc3)cc(-c3cccc4c3oc3cccc(-c5nc(-c6ccc(-c7cccc8ccccc78)cc6)nc(-c6cccc7oc8ccccc8c67)n5)c34)c2)cc1. The van der Waals surface area contributed by atoms with Crippen molar-refractivity contribution in [2.45, 2.75) is 0 Å². The van der Waals surface area contributed by atoms with Crippen molar-refractivity contribution in [3.63, 3.8) is 0 Å². The summed E-state index contributed by atoms with van der Waals surface area (Å²) in [5.41, 5.74) is 14.7. The molecule has 0 fully saturated rings. The molecule has 0 aliphatic rings. The molecule has 0 saturated heterocycles. The minimum Gasteiger partial charge on any atom is -0.456 e. The van der Waals surface area contributed by atoms with Crippen LogP contribution in [0.15, 0.2) is 233 Å². The molecule has 0 saturated carbocycles. The number of aromatic nitrogens is 3. The van der Waals surface area contributed by atoms with Crippen LogP contribution in [-0.4, -0.2) is 15.0 Å². The van der Waals surface area contributed by atoms with Crippen LogP contribution in [0.3, 0.4) is 0 Å². The molecule has 3 aromatic heterocycles. The molecule has 0 aliphatic carbocycles. The maximum Gasteiger partial charge on any atom is 0.164 e. The molecule has 13 rings (SSSR count). The summed E-state index contributed by atoms with van der Waals surface area (Å²) in [6, 6.07) is 78.1. The van der Waals surface area contributed by atoms with E-state index in [-0.39, 0.29) is 0 Å². The number of nitrogens with zero attached hydrogens (tertiary/aromatic N) is 3. The third-order valence-electron chi connectivity index (χ3n) is 12.7. The van der Waals surface area contributed by atoms with Crippen molar-refractivity contribution in [2.75, 3.05) is 0 Å². The zero-order chi connectivity index (χ0) is 43.6. The van der Waals surface area contributed by atoms with Crippen LogP contribution in [-0.2, 0) is 0 Å². The van der Waals surface area contributed by atoms with E-state index in [0.717, 1.165) is 99.5 Å². The number of furan rings is 2. The van der Waals surface area contributed by atoms with Crippen LogP contribution >= 0.6 is 0 Å². The molecular formula is C61H37N3O2. The lowest BCUT2D eigenvalue weighted by molar-refractivity contribution is 0.669. The Labute approximate surface area is 379 Å². The molecule has 0 N–H and O–H groups in total. The van der Waals surface area contributed by atoms with Gasteiger partial charge in [-0.3, -0.25) is 0 Å². The highest BCUT2D eigenvalue weighted by Crippen LogP contribution is 2.43. The third kappa shape index (κ3) is 6.36. The topological polar surface area (TPSA) is 65.0 Å². The number of benzene rings is 10. The van der Waals surface area contributed by atoms with Gasteiger partial charge in [0.25, 0.3) is 0 Å². The zero-order valence-corrected chi connectivity index (χ0v) is 35.5. The minimum atomic E-state index is 0.550. The molecule has 0 amide bonds. The predicted octanol–water partition coefficient (Wildman–Crippen LogP) is 16.5. The van der Waals surface area contributed by atoms with Crippen molar-refractivity contribution in [1.82, 2.24) is 15.0 Å². The fourth-order valence-corrected chi connectivity index (χ4v) is 9.62. The fourth-order valence-electron chi connectivity index (χ4n) is 9.62. The summed E-state index contributed by atoms with van der Waals surface area (Å²) >= 11 is 0. The van der Waals surface area contributed by atoms with Crippen molar-refractivity contribution in [1.29, 1.82) is 0 Å². The van der Waals surface area contributed by atoms with Crippen LogP contribution in [0, 0.1) is 0 Å². The van der Waals surface area contributed by atoms with E-state index in [1.54, 1.807) is 0 Å². The molecule has 66 heavy (non-hydrogen) atoms. The first-order valence-corrected chi connectivity index (χ1v) is 22.2. The quantitative estimate of drug-likeness (QED) is 0.160. The summed E-state index contributed by atoms with van der Waals surface area (Å²) in [6.45, 7) is 0. The summed E-state index contributed by atoms with van der Waals surface area (Å²) in [6.07, 6.45) is 0. The van der Waals surface area contributed by atoms with E-state index in [4.69, 9.17) is 23.8 Å². The Kier molecular flexibility index (Phi) is 8.78. The van der Waals surface area contributed by atoms with Gasteiger partial charge in [-0.2, -0.15) is 0 Å². The van der Waals surface area contributed by atoms with E-state index < -0.39 is 0 Å². The molecule has 5 heteroatoms. The van der Waals surface area contributed by atoms with Gasteiger partial charge in [-0.1, -0.05) is 188 Å². The lowest BCUT2D eigenvalue weighted by Crippen LogP contribution is -2.00. The first kappa shape index (κ1) is 37.6. The molecule has 308 valence electrons. The predicted molar refractivity (Wildman–Crippen MR) is 270 cm³/mol. The molecule has 0 radical (unpaired) electrons. The first-order valence-electron chi connectivity index (χ1n) is 22.2. The Morgan fingerprint density at radius 3 is 1.44 bits per heavy atom. The van der Waals surface area contributed by atoms with Crippen molar-refractivity contribution in [3.8, 4) is 78.7 Å². The van der Waals surface area contributed by atoms with E-state index in [1.165, 1.54) is 16.3 Å². The third-order valence-corrected chi connectivity index (χ3v) is 12.7. The molecule has 13 aromatic rings. The maximum atomic E-state index is 6.92. The zero-order valence-electron chi connectivity index (χ0n) is 35.5. The molecule has 5 nitrogen and oxygen atoms in total. The summed E-state index contributed by atoms with van der Waals surface area (Å²) in [7, 11) is 0. The van der Waals surface area contributed by atoms with Crippen molar-refractivity contribution in [3.05, 3.63) is 224 Å². The highest BCUT2D eigenvalue weighted by Gasteiger charge is 2.22. The standard InChI is InChI=1S/C61H37N3O2/c1-3-15-38(16-4-1)43-35-44(39-17-5-2-6-18-39)37-45(36-43)48-24-12-25-50-57-52(27-14-30-55(57)66-58(48)50)61-63-59(42-33-31-41(32-34-42)47-23-11-20-40-19-7-8-21-46(40)47)62-60(64-61)51-26-13-29-54-56(51)49-22-9-10-28-53(49)65-54/h1-37H. The Bertz CT molecular complexity index is 3920.